The number of hydrogen-bond acceptors (Lipinski definition) is 4. The van der Waals surface area contributed by atoms with Crippen LogP contribution in [0.25, 0.3) is 10.8 Å². The third-order valence-electron chi connectivity index (χ3n) is 2.73. The van der Waals surface area contributed by atoms with Crippen LogP contribution >= 0.6 is 0 Å². The fourth-order valence-electron chi connectivity index (χ4n) is 1.75. The number of fused-ring (bicyclic) bond motifs is 1. The van der Waals surface area contributed by atoms with Gasteiger partial charge in [-0.25, -0.2) is 13.6 Å². The summed E-state index contributed by atoms with van der Waals surface area (Å²) in [5.74, 6) is 0.585. The summed E-state index contributed by atoms with van der Waals surface area (Å²) < 4.78 is 32.0. The SMILES string of the molecule is NS(=O)(=O)CCOCCOc1ccc2ccccc2c1. The lowest BCUT2D eigenvalue weighted by molar-refractivity contribution is 0.111. The lowest BCUT2D eigenvalue weighted by Crippen LogP contribution is -2.21. The van der Waals surface area contributed by atoms with Gasteiger partial charge in [0, 0.05) is 0 Å². The summed E-state index contributed by atoms with van der Waals surface area (Å²) in [4.78, 5) is 0. The molecule has 0 aliphatic carbocycles. The van der Waals surface area contributed by atoms with Gasteiger partial charge >= 0.3 is 0 Å². The Hall–Kier alpha value is -1.63. The van der Waals surface area contributed by atoms with Gasteiger partial charge in [0.15, 0.2) is 0 Å². The third kappa shape index (κ3) is 4.80. The summed E-state index contributed by atoms with van der Waals surface area (Å²) >= 11 is 0. The average molecular weight is 295 g/mol. The molecule has 6 heteroatoms. The van der Waals surface area contributed by atoms with Crippen molar-refractivity contribution in [2.75, 3.05) is 25.6 Å². The average Bonchev–Trinajstić information content (AvgIpc) is 2.41. The van der Waals surface area contributed by atoms with Crippen molar-refractivity contribution >= 4 is 20.8 Å². The Balaban J connectivity index is 1.76. The molecule has 0 bridgehead atoms. The normalized spacial score (nSPS) is 11.7. The van der Waals surface area contributed by atoms with Gasteiger partial charge in [0.2, 0.25) is 10.0 Å². The van der Waals surface area contributed by atoms with Gasteiger partial charge in [-0.15, -0.1) is 0 Å². The topological polar surface area (TPSA) is 78.6 Å². The van der Waals surface area contributed by atoms with Crippen molar-refractivity contribution in [3.8, 4) is 5.75 Å². The Morgan fingerprint density at radius 3 is 2.45 bits per heavy atom. The molecule has 2 aromatic rings. The maximum atomic E-state index is 10.7. The molecule has 0 fully saturated rings. The molecule has 0 radical (unpaired) electrons. The van der Waals surface area contributed by atoms with Crippen molar-refractivity contribution in [2.24, 2.45) is 5.14 Å². The van der Waals surface area contributed by atoms with Gasteiger partial charge < -0.3 is 9.47 Å². The third-order valence-corrected chi connectivity index (χ3v) is 3.47. The number of ether oxygens (including phenoxy) is 2. The highest BCUT2D eigenvalue weighted by atomic mass is 32.2. The Bertz CT molecular complexity index is 670. The van der Waals surface area contributed by atoms with E-state index in [0.717, 1.165) is 16.5 Å². The molecule has 0 spiro atoms. The molecule has 2 rings (SSSR count). The minimum atomic E-state index is -3.45. The lowest BCUT2D eigenvalue weighted by atomic mass is 10.1. The van der Waals surface area contributed by atoms with Gasteiger partial charge in [-0.1, -0.05) is 30.3 Å². The zero-order chi connectivity index (χ0) is 14.4. The number of hydrogen-bond donors (Lipinski definition) is 1. The quantitative estimate of drug-likeness (QED) is 0.786. The van der Waals surface area contributed by atoms with Crippen molar-refractivity contribution < 1.29 is 17.9 Å². The fraction of sp³-hybridized carbons (Fsp3) is 0.286. The van der Waals surface area contributed by atoms with E-state index in [2.05, 4.69) is 0 Å². The molecule has 5 nitrogen and oxygen atoms in total. The molecule has 0 aliphatic rings. The zero-order valence-electron chi connectivity index (χ0n) is 11.0. The molecule has 0 unspecified atom stereocenters. The molecule has 0 heterocycles. The summed E-state index contributed by atoms with van der Waals surface area (Å²) in [7, 11) is -3.45. The minimum absolute atomic E-state index is 0.0832. The molecule has 0 saturated heterocycles. The predicted octanol–water partition coefficient (Wildman–Crippen LogP) is 1.52. The second kappa shape index (κ2) is 6.69. The van der Waals surface area contributed by atoms with Crippen LogP contribution in [0.2, 0.25) is 0 Å². The monoisotopic (exact) mass is 295 g/mol. The minimum Gasteiger partial charge on any atom is -0.491 e. The second-order valence-corrected chi connectivity index (χ2v) is 6.07. The number of nitrogens with two attached hydrogens (primary N) is 1. The Kier molecular flexibility index (Phi) is 4.94. The fourth-order valence-corrected chi connectivity index (χ4v) is 2.10. The highest BCUT2D eigenvalue weighted by Gasteiger charge is 2.02. The summed E-state index contributed by atoms with van der Waals surface area (Å²) in [6, 6.07) is 13.9. The van der Waals surface area contributed by atoms with Gasteiger partial charge in [-0.05, 0) is 22.9 Å². The van der Waals surface area contributed by atoms with Crippen molar-refractivity contribution in [3.63, 3.8) is 0 Å². The van der Waals surface area contributed by atoms with Crippen molar-refractivity contribution in [3.05, 3.63) is 42.5 Å². The van der Waals surface area contributed by atoms with Crippen LogP contribution in [-0.4, -0.2) is 34.0 Å². The Labute approximate surface area is 118 Å². The zero-order valence-corrected chi connectivity index (χ0v) is 11.8. The first-order valence-corrected chi connectivity index (χ1v) is 7.96. The van der Waals surface area contributed by atoms with Crippen LogP contribution < -0.4 is 9.88 Å². The van der Waals surface area contributed by atoms with Crippen molar-refractivity contribution in [1.82, 2.24) is 0 Å². The van der Waals surface area contributed by atoms with Gasteiger partial charge in [-0.3, -0.25) is 0 Å². The first-order valence-electron chi connectivity index (χ1n) is 6.24. The standard InChI is InChI=1S/C14H17NO4S/c15-20(16,17)10-9-18-7-8-19-14-6-5-12-3-1-2-4-13(12)11-14/h1-6,11H,7-10H2,(H2,15,16,17). The van der Waals surface area contributed by atoms with Gasteiger partial charge in [0.05, 0.1) is 19.0 Å². The number of primary sulfonamides is 1. The van der Waals surface area contributed by atoms with Gasteiger partial charge in [0.1, 0.15) is 12.4 Å². The van der Waals surface area contributed by atoms with Crippen molar-refractivity contribution in [1.29, 1.82) is 0 Å². The van der Waals surface area contributed by atoms with Crippen LogP contribution in [0.1, 0.15) is 0 Å². The van der Waals surface area contributed by atoms with E-state index >= 15 is 0 Å². The van der Waals surface area contributed by atoms with E-state index < -0.39 is 10.0 Å². The van der Waals surface area contributed by atoms with Crippen LogP contribution in [0.5, 0.6) is 5.75 Å². The molecule has 0 aliphatic heterocycles. The highest BCUT2D eigenvalue weighted by molar-refractivity contribution is 7.89. The largest absolute Gasteiger partial charge is 0.491 e. The van der Waals surface area contributed by atoms with E-state index in [9.17, 15) is 8.42 Å². The van der Waals surface area contributed by atoms with Crippen LogP contribution in [0.3, 0.4) is 0 Å². The lowest BCUT2D eigenvalue weighted by Gasteiger charge is -2.08. The molecule has 0 atom stereocenters. The molecular weight excluding hydrogens is 278 g/mol. The smallest absolute Gasteiger partial charge is 0.211 e. The van der Waals surface area contributed by atoms with Crippen LogP contribution in [-0.2, 0) is 14.8 Å². The van der Waals surface area contributed by atoms with Gasteiger partial charge in [-0.2, -0.15) is 0 Å². The second-order valence-electron chi connectivity index (χ2n) is 4.34. The summed E-state index contributed by atoms with van der Waals surface area (Å²) in [6.45, 7) is 0.769. The maximum absolute atomic E-state index is 10.7. The number of rotatable bonds is 7. The van der Waals surface area contributed by atoms with E-state index in [1.54, 1.807) is 0 Å². The maximum Gasteiger partial charge on any atom is 0.211 e. The predicted molar refractivity (Wildman–Crippen MR) is 78.2 cm³/mol. The van der Waals surface area contributed by atoms with Crippen LogP contribution in [0.15, 0.2) is 42.5 Å². The van der Waals surface area contributed by atoms with E-state index in [1.807, 2.05) is 42.5 Å². The van der Waals surface area contributed by atoms with Gasteiger partial charge in [0.25, 0.3) is 0 Å². The molecule has 2 aromatic carbocycles. The Morgan fingerprint density at radius 2 is 1.70 bits per heavy atom. The van der Waals surface area contributed by atoms with E-state index in [0.29, 0.717) is 13.2 Å². The number of sulfonamides is 1. The molecule has 108 valence electrons. The summed E-state index contributed by atoms with van der Waals surface area (Å²) in [6.07, 6.45) is 0. The highest BCUT2D eigenvalue weighted by Crippen LogP contribution is 2.20. The number of benzene rings is 2. The van der Waals surface area contributed by atoms with E-state index in [1.165, 1.54) is 0 Å². The van der Waals surface area contributed by atoms with Crippen LogP contribution in [0, 0.1) is 0 Å². The molecular formula is C14H17NO4S. The molecule has 20 heavy (non-hydrogen) atoms. The Morgan fingerprint density at radius 1 is 0.950 bits per heavy atom. The van der Waals surface area contributed by atoms with E-state index in [4.69, 9.17) is 14.6 Å². The van der Waals surface area contributed by atoms with Crippen LogP contribution in [0.4, 0.5) is 0 Å². The first-order chi connectivity index (χ1) is 9.54. The molecule has 2 N–H and O–H groups in total. The molecule has 0 aromatic heterocycles. The summed E-state index contributed by atoms with van der Waals surface area (Å²) in [5, 5.41) is 7.12. The summed E-state index contributed by atoms with van der Waals surface area (Å²) in [5.41, 5.74) is 0. The molecule has 0 amide bonds. The first kappa shape index (κ1) is 14.8. The molecule has 0 saturated carbocycles. The van der Waals surface area contributed by atoms with E-state index in [-0.39, 0.29) is 12.4 Å². The van der Waals surface area contributed by atoms with Crippen molar-refractivity contribution in [2.45, 2.75) is 0 Å².